The molecule has 0 amide bonds. The van der Waals surface area contributed by atoms with E-state index < -0.39 is 5.92 Å². The highest BCUT2D eigenvalue weighted by molar-refractivity contribution is 5.89. The third kappa shape index (κ3) is 1.57. The van der Waals surface area contributed by atoms with Gasteiger partial charge >= 0.3 is 5.97 Å². The van der Waals surface area contributed by atoms with Gasteiger partial charge in [0.1, 0.15) is 5.78 Å². The van der Waals surface area contributed by atoms with E-state index in [1.807, 2.05) is 0 Å². The first-order valence-corrected chi connectivity index (χ1v) is 3.50. The lowest BCUT2D eigenvalue weighted by molar-refractivity contribution is -0.146. The number of Topliss-reactive ketones (excluding diaryl/α,β-unsaturated/α-hetero) is 1. The fraction of sp³-hybridized carbons (Fsp3) is 0.714. The van der Waals surface area contributed by atoms with E-state index >= 15 is 0 Å². The molecule has 0 heterocycles. The molecule has 0 radical (unpaired) electrons. The Labute approximate surface area is 64.7 Å². The lowest BCUT2D eigenvalue weighted by atomic mass is 10.1. The van der Waals surface area contributed by atoms with Crippen LogP contribution in [0.3, 0.4) is 0 Å². The molecule has 2 N–H and O–H groups in total. The van der Waals surface area contributed by atoms with Crippen molar-refractivity contribution >= 4 is 11.8 Å². The molecule has 0 unspecified atom stereocenters. The highest BCUT2D eigenvalue weighted by Gasteiger charge is 2.36. The molecule has 1 saturated carbocycles. The Bertz CT molecular complexity index is 190. The molecular formula is C7H11NO3. The highest BCUT2D eigenvalue weighted by Crippen LogP contribution is 2.21. The lowest BCUT2D eigenvalue weighted by Gasteiger charge is -2.10. The summed E-state index contributed by atoms with van der Waals surface area (Å²) in [6, 6.07) is -0.338. The Morgan fingerprint density at radius 1 is 1.64 bits per heavy atom. The van der Waals surface area contributed by atoms with Gasteiger partial charge in [-0.15, -0.1) is 0 Å². The molecule has 11 heavy (non-hydrogen) atoms. The smallest absolute Gasteiger partial charge is 0.310 e. The van der Waals surface area contributed by atoms with E-state index in [-0.39, 0.29) is 24.2 Å². The maximum Gasteiger partial charge on any atom is 0.310 e. The van der Waals surface area contributed by atoms with Gasteiger partial charge in [0.2, 0.25) is 0 Å². The minimum Gasteiger partial charge on any atom is -0.469 e. The summed E-state index contributed by atoms with van der Waals surface area (Å²) in [7, 11) is 1.30. The molecule has 0 aromatic rings. The maximum atomic E-state index is 10.9. The number of nitrogens with two attached hydrogens (primary N) is 1. The molecule has 4 heteroatoms. The molecule has 2 atom stereocenters. The Morgan fingerprint density at radius 2 is 2.27 bits per heavy atom. The van der Waals surface area contributed by atoms with E-state index in [1.54, 1.807) is 0 Å². The van der Waals surface area contributed by atoms with Gasteiger partial charge in [0.15, 0.2) is 0 Å². The SMILES string of the molecule is COC(=O)[C@H]1CC(=O)C[C@H]1N. The zero-order valence-electron chi connectivity index (χ0n) is 6.37. The largest absolute Gasteiger partial charge is 0.469 e. The Hall–Kier alpha value is -0.900. The summed E-state index contributed by atoms with van der Waals surface area (Å²) >= 11 is 0. The van der Waals surface area contributed by atoms with Crippen LogP contribution in [0.2, 0.25) is 0 Å². The minimum absolute atomic E-state index is 0.0490. The monoisotopic (exact) mass is 157 g/mol. The third-order valence-corrected chi connectivity index (χ3v) is 1.93. The van der Waals surface area contributed by atoms with Gasteiger partial charge in [-0.1, -0.05) is 0 Å². The molecule has 62 valence electrons. The number of ketones is 1. The van der Waals surface area contributed by atoms with Crippen LogP contribution in [0, 0.1) is 5.92 Å². The van der Waals surface area contributed by atoms with E-state index in [9.17, 15) is 9.59 Å². The first kappa shape index (κ1) is 8.20. The van der Waals surface area contributed by atoms with E-state index in [0.717, 1.165) is 0 Å². The number of carbonyl (C=O) groups is 2. The molecular weight excluding hydrogens is 146 g/mol. The molecule has 0 aromatic heterocycles. The summed E-state index contributed by atoms with van der Waals surface area (Å²) in [5, 5.41) is 0. The molecule has 0 aliphatic heterocycles. The maximum absolute atomic E-state index is 10.9. The predicted octanol–water partition coefficient (Wildman–Crippen LogP) is -0.534. The Kier molecular flexibility index (Phi) is 2.24. The number of hydrogen-bond acceptors (Lipinski definition) is 4. The second kappa shape index (κ2) is 3.00. The van der Waals surface area contributed by atoms with Crippen molar-refractivity contribution in [2.75, 3.05) is 7.11 Å². The average molecular weight is 157 g/mol. The fourth-order valence-corrected chi connectivity index (χ4v) is 1.29. The quantitative estimate of drug-likeness (QED) is 0.519. The van der Waals surface area contributed by atoms with Crippen molar-refractivity contribution in [3.8, 4) is 0 Å². The molecule has 0 bridgehead atoms. The van der Waals surface area contributed by atoms with Crippen LogP contribution in [0.4, 0.5) is 0 Å². The molecule has 0 aromatic carbocycles. The summed E-state index contributed by atoms with van der Waals surface area (Å²) < 4.78 is 4.48. The number of carbonyl (C=O) groups excluding carboxylic acids is 2. The van der Waals surface area contributed by atoms with Crippen LogP contribution in [0.1, 0.15) is 12.8 Å². The Balaban J connectivity index is 2.59. The van der Waals surface area contributed by atoms with Crippen molar-refractivity contribution in [1.82, 2.24) is 0 Å². The normalized spacial score (nSPS) is 30.5. The number of esters is 1. The molecule has 1 aliphatic rings. The van der Waals surface area contributed by atoms with Gasteiger partial charge in [-0.05, 0) is 0 Å². The van der Waals surface area contributed by atoms with Crippen molar-refractivity contribution in [2.24, 2.45) is 11.7 Å². The highest BCUT2D eigenvalue weighted by atomic mass is 16.5. The van der Waals surface area contributed by atoms with Crippen molar-refractivity contribution in [3.05, 3.63) is 0 Å². The van der Waals surface area contributed by atoms with Gasteiger partial charge in [-0.25, -0.2) is 0 Å². The summed E-state index contributed by atoms with van der Waals surface area (Å²) in [5.74, 6) is -0.733. The number of methoxy groups -OCH3 is 1. The first-order chi connectivity index (χ1) is 5.15. The second-order valence-electron chi connectivity index (χ2n) is 2.74. The van der Waals surface area contributed by atoms with Crippen LogP contribution in [-0.2, 0) is 14.3 Å². The van der Waals surface area contributed by atoms with Crippen molar-refractivity contribution < 1.29 is 14.3 Å². The van der Waals surface area contributed by atoms with E-state index in [0.29, 0.717) is 6.42 Å². The van der Waals surface area contributed by atoms with Crippen LogP contribution < -0.4 is 5.73 Å². The van der Waals surface area contributed by atoms with Crippen molar-refractivity contribution in [2.45, 2.75) is 18.9 Å². The standard InChI is InChI=1S/C7H11NO3/c1-11-7(10)5-2-4(9)3-6(5)8/h5-6H,2-3,8H2,1H3/t5-,6+/m0/s1. The van der Waals surface area contributed by atoms with Crippen LogP contribution in [0.5, 0.6) is 0 Å². The van der Waals surface area contributed by atoms with Crippen LogP contribution in [0.15, 0.2) is 0 Å². The summed E-state index contributed by atoms with van der Waals surface area (Å²) in [6.45, 7) is 0. The molecule has 0 spiro atoms. The van der Waals surface area contributed by atoms with Crippen LogP contribution >= 0.6 is 0 Å². The zero-order chi connectivity index (χ0) is 8.43. The fourth-order valence-electron chi connectivity index (χ4n) is 1.29. The first-order valence-electron chi connectivity index (χ1n) is 3.50. The van der Waals surface area contributed by atoms with Gasteiger partial charge in [0, 0.05) is 18.9 Å². The van der Waals surface area contributed by atoms with Crippen molar-refractivity contribution in [1.29, 1.82) is 0 Å². The number of hydrogen-bond donors (Lipinski definition) is 1. The van der Waals surface area contributed by atoms with Gasteiger partial charge in [-0.3, -0.25) is 9.59 Å². The van der Waals surface area contributed by atoms with Crippen LogP contribution in [-0.4, -0.2) is 24.9 Å². The summed E-state index contributed by atoms with van der Waals surface area (Å²) in [5.41, 5.74) is 5.52. The minimum atomic E-state index is -0.410. The average Bonchev–Trinajstić information content (AvgIpc) is 2.28. The lowest BCUT2D eigenvalue weighted by Crippen LogP contribution is -2.31. The predicted molar refractivity (Wildman–Crippen MR) is 37.7 cm³/mol. The van der Waals surface area contributed by atoms with Gasteiger partial charge in [0.05, 0.1) is 13.0 Å². The molecule has 0 saturated heterocycles. The number of rotatable bonds is 1. The Morgan fingerprint density at radius 3 is 2.64 bits per heavy atom. The van der Waals surface area contributed by atoms with E-state index in [2.05, 4.69) is 4.74 Å². The topological polar surface area (TPSA) is 69.4 Å². The summed E-state index contributed by atoms with van der Waals surface area (Å²) in [6.07, 6.45) is 0.549. The van der Waals surface area contributed by atoms with E-state index in [4.69, 9.17) is 5.73 Å². The molecule has 1 aliphatic carbocycles. The van der Waals surface area contributed by atoms with Gasteiger partial charge in [-0.2, -0.15) is 0 Å². The van der Waals surface area contributed by atoms with Crippen LogP contribution in [0.25, 0.3) is 0 Å². The molecule has 1 fully saturated rings. The molecule has 4 nitrogen and oxygen atoms in total. The van der Waals surface area contributed by atoms with Gasteiger partial charge in [0.25, 0.3) is 0 Å². The van der Waals surface area contributed by atoms with Crippen molar-refractivity contribution in [3.63, 3.8) is 0 Å². The second-order valence-corrected chi connectivity index (χ2v) is 2.74. The summed E-state index contributed by atoms with van der Waals surface area (Å²) in [4.78, 5) is 21.7. The third-order valence-electron chi connectivity index (χ3n) is 1.93. The van der Waals surface area contributed by atoms with E-state index in [1.165, 1.54) is 7.11 Å². The molecule has 1 rings (SSSR count). The van der Waals surface area contributed by atoms with Gasteiger partial charge < -0.3 is 10.5 Å². The number of ether oxygens (including phenoxy) is 1. The zero-order valence-corrected chi connectivity index (χ0v) is 6.37.